The third kappa shape index (κ3) is 3.97. The molecule has 0 unspecified atom stereocenters. The van der Waals surface area contributed by atoms with Gasteiger partial charge in [-0.3, -0.25) is 4.72 Å². The zero-order valence-corrected chi connectivity index (χ0v) is 12.2. The fourth-order valence-corrected chi connectivity index (χ4v) is 3.13. The number of anilines is 1. The van der Waals surface area contributed by atoms with E-state index in [4.69, 9.17) is 5.26 Å². The van der Waals surface area contributed by atoms with Crippen molar-refractivity contribution in [2.75, 3.05) is 4.72 Å². The molecule has 108 valence electrons. The number of phenols is 1. The lowest BCUT2D eigenvalue weighted by Gasteiger charge is -2.11. The molecule has 6 heteroatoms. The van der Waals surface area contributed by atoms with Gasteiger partial charge in [0.05, 0.1) is 23.1 Å². The summed E-state index contributed by atoms with van der Waals surface area (Å²) < 4.78 is 26.7. The zero-order valence-electron chi connectivity index (χ0n) is 11.4. The summed E-state index contributed by atoms with van der Waals surface area (Å²) in [5, 5.41) is 18.0. The van der Waals surface area contributed by atoms with Gasteiger partial charge < -0.3 is 5.11 Å². The zero-order chi connectivity index (χ0) is 15.5. The van der Waals surface area contributed by atoms with Crippen LogP contribution in [0, 0.1) is 18.3 Å². The summed E-state index contributed by atoms with van der Waals surface area (Å²) in [5.74, 6) is -0.0958. The van der Waals surface area contributed by atoms with E-state index in [2.05, 4.69) is 4.72 Å². The number of sulfonamides is 1. The molecule has 0 spiro atoms. The smallest absolute Gasteiger partial charge is 0.236 e. The molecule has 2 aromatic rings. The Labute approximate surface area is 123 Å². The van der Waals surface area contributed by atoms with Crippen LogP contribution in [0.15, 0.2) is 42.5 Å². The molecule has 21 heavy (non-hydrogen) atoms. The second kappa shape index (κ2) is 5.85. The number of nitrogens with one attached hydrogen (secondary N) is 1. The highest BCUT2D eigenvalue weighted by Gasteiger charge is 2.13. The van der Waals surface area contributed by atoms with Gasteiger partial charge in [-0.2, -0.15) is 5.26 Å². The molecule has 0 amide bonds. The van der Waals surface area contributed by atoms with E-state index in [0.29, 0.717) is 22.4 Å². The first-order chi connectivity index (χ1) is 9.89. The van der Waals surface area contributed by atoms with Crippen LogP contribution in [0.2, 0.25) is 0 Å². The number of aryl methyl sites for hydroxylation is 1. The van der Waals surface area contributed by atoms with Crippen molar-refractivity contribution in [3.05, 3.63) is 59.2 Å². The van der Waals surface area contributed by atoms with E-state index in [1.54, 1.807) is 31.2 Å². The van der Waals surface area contributed by atoms with Crippen LogP contribution in [0.1, 0.15) is 16.7 Å². The highest BCUT2D eigenvalue weighted by molar-refractivity contribution is 7.91. The Morgan fingerprint density at radius 1 is 1.19 bits per heavy atom. The van der Waals surface area contributed by atoms with Gasteiger partial charge >= 0.3 is 0 Å². The Bertz CT molecular complexity index is 791. The number of hydrogen-bond donors (Lipinski definition) is 2. The minimum absolute atomic E-state index is 0.0857. The summed E-state index contributed by atoms with van der Waals surface area (Å²) in [4.78, 5) is 0. The van der Waals surface area contributed by atoms with Crippen molar-refractivity contribution < 1.29 is 13.5 Å². The van der Waals surface area contributed by atoms with E-state index < -0.39 is 10.0 Å². The Morgan fingerprint density at radius 3 is 2.43 bits per heavy atom. The average Bonchev–Trinajstić information content (AvgIpc) is 2.42. The van der Waals surface area contributed by atoms with Crippen LogP contribution in [0.3, 0.4) is 0 Å². The molecule has 0 heterocycles. The third-order valence-corrected chi connectivity index (χ3v) is 4.16. The molecule has 2 aromatic carbocycles. The molecule has 2 rings (SSSR count). The van der Waals surface area contributed by atoms with Gasteiger partial charge in [-0.05, 0) is 48.4 Å². The van der Waals surface area contributed by atoms with Gasteiger partial charge in [0.15, 0.2) is 0 Å². The van der Waals surface area contributed by atoms with E-state index in [-0.39, 0.29) is 11.5 Å². The standard InChI is InChI=1S/C15H14N2O3S/c1-11-8-14(18)6-7-15(11)17-21(19,20)10-13-4-2-12(9-16)3-5-13/h2-8,17-18H,10H2,1H3. The first-order valence-corrected chi connectivity index (χ1v) is 7.84. The van der Waals surface area contributed by atoms with Gasteiger partial charge in [-0.25, -0.2) is 8.42 Å². The number of hydrogen-bond acceptors (Lipinski definition) is 4. The highest BCUT2D eigenvalue weighted by atomic mass is 32.2. The van der Waals surface area contributed by atoms with Crippen molar-refractivity contribution in [1.82, 2.24) is 0 Å². The Hall–Kier alpha value is -2.52. The van der Waals surface area contributed by atoms with Crippen LogP contribution in [-0.2, 0) is 15.8 Å². The van der Waals surface area contributed by atoms with Crippen molar-refractivity contribution in [3.8, 4) is 11.8 Å². The topological polar surface area (TPSA) is 90.2 Å². The SMILES string of the molecule is Cc1cc(O)ccc1NS(=O)(=O)Cc1ccc(C#N)cc1. The maximum atomic E-state index is 12.1. The monoisotopic (exact) mass is 302 g/mol. The number of phenolic OH excluding ortho intramolecular Hbond substituents is 1. The van der Waals surface area contributed by atoms with E-state index in [1.807, 2.05) is 6.07 Å². The predicted molar refractivity (Wildman–Crippen MR) is 80.2 cm³/mol. The molecule has 5 nitrogen and oxygen atoms in total. The summed E-state index contributed by atoms with van der Waals surface area (Å²) in [5.41, 5.74) is 2.15. The first-order valence-electron chi connectivity index (χ1n) is 6.19. The van der Waals surface area contributed by atoms with Crippen molar-refractivity contribution in [3.63, 3.8) is 0 Å². The van der Waals surface area contributed by atoms with Gasteiger partial charge in [-0.15, -0.1) is 0 Å². The lowest BCUT2D eigenvalue weighted by Crippen LogP contribution is -2.15. The number of benzene rings is 2. The van der Waals surface area contributed by atoms with Crippen LogP contribution in [0.25, 0.3) is 0 Å². The number of nitrogens with zero attached hydrogens (tertiary/aromatic N) is 1. The van der Waals surface area contributed by atoms with Crippen molar-refractivity contribution in [1.29, 1.82) is 5.26 Å². The fourth-order valence-electron chi connectivity index (χ4n) is 1.86. The minimum Gasteiger partial charge on any atom is -0.508 e. The van der Waals surface area contributed by atoms with Crippen LogP contribution >= 0.6 is 0 Å². The quantitative estimate of drug-likeness (QED) is 0.849. The molecule has 0 aliphatic carbocycles. The van der Waals surface area contributed by atoms with Crippen molar-refractivity contribution in [2.24, 2.45) is 0 Å². The number of rotatable bonds is 4. The van der Waals surface area contributed by atoms with E-state index in [1.165, 1.54) is 18.2 Å². The Morgan fingerprint density at radius 2 is 1.86 bits per heavy atom. The molecule has 0 aliphatic heterocycles. The Balaban J connectivity index is 2.16. The van der Waals surface area contributed by atoms with Crippen molar-refractivity contribution >= 4 is 15.7 Å². The molecule has 0 aliphatic rings. The van der Waals surface area contributed by atoms with E-state index >= 15 is 0 Å². The molecule has 0 radical (unpaired) electrons. The maximum Gasteiger partial charge on any atom is 0.236 e. The molecule has 2 N–H and O–H groups in total. The molecule has 0 aromatic heterocycles. The van der Waals surface area contributed by atoms with Crippen LogP contribution < -0.4 is 4.72 Å². The molecule has 0 fully saturated rings. The molecule has 0 saturated heterocycles. The molecule has 0 atom stereocenters. The van der Waals surface area contributed by atoms with Gasteiger partial charge in [0.2, 0.25) is 10.0 Å². The second-order valence-corrected chi connectivity index (χ2v) is 6.39. The molecular weight excluding hydrogens is 288 g/mol. The number of nitriles is 1. The minimum atomic E-state index is -3.56. The predicted octanol–water partition coefficient (Wildman–Crippen LogP) is 2.51. The normalized spacial score (nSPS) is 10.9. The van der Waals surface area contributed by atoms with E-state index in [9.17, 15) is 13.5 Å². The second-order valence-electron chi connectivity index (χ2n) is 4.67. The highest BCUT2D eigenvalue weighted by Crippen LogP contribution is 2.22. The van der Waals surface area contributed by atoms with E-state index in [0.717, 1.165) is 0 Å². The van der Waals surface area contributed by atoms with Gasteiger partial charge in [0, 0.05) is 0 Å². The largest absolute Gasteiger partial charge is 0.508 e. The lowest BCUT2D eigenvalue weighted by atomic mass is 10.2. The van der Waals surface area contributed by atoms with Gasteiger partial charge in [-0.1, -0.05) is 12.1 Å². The van der Waals surface area contributed by atoms with Crippen LogP contribution in [-0.4, -0.2) is 13.5 Å². The van der Waals surface area contributed by atoms with Crippen LogP contribution in [0.5, 0.6) is 5.75 Å². The van der Waals surface area contributed by atoms with Gasteiger partial charge in [0.25, 0.3) is 0 Å². The Kier molecular flexibility index (Phi) is 4.15. The number of aromatic hydroxyl groups is 1. The molecule has 0 saturated carbocycles. The summed E-state index contributed by atoms with van der Waals surface area (Å²) in [6.07, 6.45) is 0. The third-order valence-electron chi connectivity index (χ3n) is 2.92. The molecular formula is C15H14N2O3S. The summed E-state index contributed by atoms with van der Waals surface area (Å²) in [7, 11) is -3.56. The maximum absolute atomic E-state index is 12.1. The van der Waals surface area contributed by atoms with Crippen molar-refractivity contribution in [2.45, 2.75) is 12.7 Å². The first kappa shape index (κ1) is 14.9. The molecule has 0 bridgehead atoms. The van der Waals surface area contributed by atoms with Crippen LogP contribution in [0.4, 0.5) is 5.69 Å². The average molecular weight is 302 g/mol. The fraction of sp³-hybridized carbons (Fsp3) is 0.133. The van der Waals surface area contributed by atoms with Gasteiger partial charge in [0.1, 0.15) is 5.75 Å². The summed E-state index contributed by atoms with van der Waals surface area (Å²) in [6, 6.07) is 12.8. The lowest BCUT2D eigenvalue weighted by molar-refractivity contribution is 0.475. The summed E-state index contributed by atoms with van der Waals surface area (Å²) >= 11 is 0. The summed E-state index contributed by atoms with van der Waals surface area (Å²) in [6.45, 7) is 1.71.